The van der Waals surface area contributed by atoms with Gasteiger partial charge in [-0.2, -0.15) is 0 Å². The third kappa shape index (κ3) is 3.92. The predicted octanol–water partition coefficient (Wildman–Crippen LogP) is 2.22. The quantitative estimate of drug-likeness (QED) is 0.810. The molecular formula is C17H18ClN3O4S. The van der Waals surface area contributed by atoms with Crippen molar-refractivity contribution in [2.75, 3.05) is 30.9 Å². The van der Waals surface area contributed by atoms with Gasteiger partial charge >= 0.3 is 0 Å². The molecule has 0 atom stereocenters. The van der Waals surface area contributed by atoms with Gasteiger partial charge in [0.1, 0.15) is 10.6 Å². The smallest absolute Gasteiger partial charge is 0.262 e. The monoisotopic (exact) mass is 395 g/mol. The van der Waals surface area contributed by atoms with Crippen LogP contribution in [0.25, 0.3) is 0 Å². The normalized spacial score (nSPS) is 13.6. The molecule has 1 aliphatic heterocycles. The van der Waals surface area contributed by atoms with Crippen LogP contribution in [-0.4, -0.2) is 35.0 Å². The summed E-state index contributed by atoms with van der Waals surface area (Å²) in [6.07, 6.45) is 0. The summed E-state index contributed by atoms with van der Waals surface area (Å²) >= 11 is 6.10. The molecule has 2 aromatic rings. The molecule has 2 aromatic carbocycles. The zero-order valence-electron chi connectivity index (χ0n) is 14.2. The van der Waals surface area contributed by atoms with Crippen molar-refractivity contribution in [1.29, 1.82) is 0 Å². The molecule has 3 rings (SSSR count). The number of hydrogen-bond acceptors (Lipinski definition) is 5. The summed E-state index contributed by atoms with van der Waals surface area (Å²) in [5.74, 6) is -0.0480. The van der Waals surface area contributed by atoms with Crippen LogP contribution in [0.3, 0.4) is 0 Å². The number of fused-ring (bicyclic) bond motifs is 1. The van der Waals surface area contributed by atoms with Gasteiger partial charge in [0, 0.05) is 32.4 Å². The standard InChI is InChI=1S/C17H18ClN3O4S/c1-21(2)12-5-3-11(4-6-12)9-19-26(23,24)16-8-15-14(7-13(16)18)20-17(22)10-25-15/h3-8,19H,9-10H2,1-2H3,(H,20,22). The first-order chi connectivity index (χ1) is 12.3. The van der Waals surface area contributed by atoms with Crippen molar-refractivity contribution < 1.29 is 17.9 Å². The third-order valence-electron chi connectivity index (χ3n) is 3.88. The summed E-state index contributed by atoms with van der Waals surface area (Å²) in [6.45, 7) is -0.0409. The van der Waals surface area contributed by atoms with Gasteiger partial charge in [0.2, 0.25) is 10.0 Å². The Morgan fingerprint density at radius 1 is 1.23 bits per heavy atom. The third-order valence-corrected chi connectivity index (χ3v) is 5.74. The Balaban J connectivity index is 1.79. The summed E-state index contributed by atoms with van der Waals surface area (Å²) < 4.78 is 33.0. The maximum atomic E-state index is 12.6. The zero-order valence-corrected chi connectivity index (χ0v) is 15.8. The molecule has 0 spiro atoms. The molecule has 0 fully saturated rings. The molecule has 1 aliphatic rings. The highest BCUT2D eigenvalue weighted by Crippen LogP contribution is 2.35. The van der Waals surface area contributed by atoms with E-state index in [-0.39, 0.29) is 34.7 Å². The van der Waals surface area contributed by atoms with Gasteiger partial charge in [0.05, 0.1) is 10.7 Å². The molecule has 0 saturated heterocycles. The van der Waals surface area contributed by atoms with E-state index < -0.39 is 10.0 Å². The number of ether oxygens (including phenoxy) is 1. The van der Waals surface area contributed by atoms with E-state index in [9.17, 15) is 13.2 Å². The Bertz CT molecular complexity index is 943. The van der Waals surface area contributed by atoms with Crippen LogP contribution in [-0.2, 0) is 21.4 Å². The summed E-state index contributed by atoms with van der Waals surface area (Å²) in [4.78, 5) is 13.2. The van der Waals surface area contributed by atoms with Gasteiger partial charge in [-0.15, -0.1) is 0 Å². The van der Waals surface area contributed by atoms with Crippen molar-refractivity contribution in [2.24, 2.45) is 0 Å². The molecule has 138 valence electrons. The molecule has 0 aromatic heterocycles. The number of nitrogens with zero attached hydrogens (tertiary/aromatic N) is 1. The molecule has 0 bridgehead atoms. The number of amides is 1. The lowest BCUT2D eigenvalue weighted by atomic mass is 10.2. The molecule has 9 heteroatoms. The Morgan fingerprint density at radius 2 is 1.92 bits per heavy atom. The van der Waals surface area contributed by atoms with Crippen LogP contribution >= 0.6 is 11.6 Å². The number of hydrogen-bond donors (Lipinski definition) is 2. The maximum Gasteiger partial charge on any atom is 0.262 e. The molecular weight excluding hydrogens is 378 g/mol. The largest absolute Gasteiger partial charge is 0.482 e. The van der Waals surface area contributed by atoms with E-state index in [4.69, 9.17) is 16.3 Å². The first-order valence-corrected chi connectivity index (χ1v) is 9.64. The average Bonchev–Trinajstić information content (AvgIpc) is 2.59. The highest BCUT2D eigenvalue weighted by Gasteiger charge is 2.24. The lowest BCUT2D eigenvalue weighted by Gasteiger charge is -2.19. The Morgan fingerprint density at radius 3 is 2.58 bits per heavy atom. The molecule has 2 N–H and O–H groups in total. The summed E-state index contributed by atoms with van der Waals surface area (Å²) in [5.41, 5.74) is 2.19. The highest BCUT2D eigenvalue weighted by molar-refractivity contribution is 7.89. The fraction of sp³-hybridized carbons (Fsp3) is 0.235. The molecule has 0 saturated carbocycles. The van der Waals surface area contributed by atoms with Crippen LogP contribution in [0.2, 0.25) is 5.02 Å². The van der Waals surface area contributed by atoms with E-state index >= 15 is 0 Å². The van der Waals surface area contributed by atoms with Gasteiger partial charge < -0.3 is 15.0 Å². The lowest BCUT2D eigenvalue weighted by Crippen LogP contribution is -2.27. The summed E-state index contributed by atoms with van der Waals surface area (Å²) in [5, 5.41) is 2.59. The number of benzene rings is 2. The van der Waals surface area contributed by atoms with Crippen LogP contribution < -0.4 is 19.7 Å². The second-order valence-corrected chi connectivity index (χ2v) is 8.14. The van der Waals surface area contributed by atoms with Crippen LogP contribution in [0.5, 0.6) is 5.75 Å². The Kier molecular flexibility index (Phi) is 5.08. The van der Waals surface area contributed by atoms with Crippen LogP contribution in [0.1, 0.15) is 5.56 Å². The van der Waals surface area contributed by atoms with E-state index in [1.807, 2.05) is 43.3 Å². The molecule has 0 aliphatic carbocycles. The molecule has 7 nitrogen and oxygen atoms in total. The number of carbonyl (C=O) groups is 1. The number of halogens is 1. The van der Waals surface area contributed by atoms with Crippen molar-refractivity contribution in [3.63, 3.8) is 0 Å². The Labute approximate surface area is 157 Å². The van der Waals surface area contributed by atoms with E-state index in [0.29, 0.717) is 5.69 Å². The van der Waals surface area contributed by atoms with Crippen molar-refractivity contribution in [3.8, 4) is 5.75 Å². The number of sulfonamides is 1. The van der Waals surface area contributed by atoms with Gasteiger partial charge in [-0.25, -0.2) is 13.1 Å². The van der Waals surface area contributed by atoms with Gasteiger partial charge in [0.25, 0.3) is 5.91 Å². The van der Waals surface area contributed by atoms with Crippen LogP contribution in [0.15, 0.2) is 41.3 Å². The minimum Gasteiger partial charge on any atom is -0.482 e. The van der Waals surface area contributed by atoms with Crippen molar-refractivity contribution >= 4 is 38.9 Å². The zero-order chi connectivity index (χ0) is 18.9. The molecule has 0 radical (unpaired) electrons. The molecule has 1 amide bonds. The van der Waals surface area contributed by atoms with Crippen molar-refractivity contribution in [3.05, 3.63) is 47.0 Å². The highest BCUT2D eigenvalue weighted by atomic mass is 35.5. The second-order valence-electron chi connectivity index (χ2n) is 6.00. The SMILES string of the molecule is CN(C)c1ccc(CNS(=O)(=O)c2cc3c(cc2Cl)NC(=O)CO3)cc1. The van der Waals surface area contributed by atoms with Gasteiger partial charge in [0.15, 0.2) is 6.61 Å². The number of nitrogens with one attached hydrogen (secondary N) is 2. The minimum absolute atomic E-state index is 0.00463. The molecule has 1 heterocycles. The van der Waals surface area contributed by atoms with Gasteiger partial charge in [-0.3, -0.25) is 4.79 Å². The lowest BCUT2D eigenvalue weighted by molar-refractivity contribution is -0.118. The predicted molar refractivity (Wildman–Crippen MR) is 100 cm³/mol. The number of carbonyl (C=O) groups excluding carboxylic acids is 1. The Hall–Kier alpha value is -2.29. The fourth-order valence-corrected chi connectivity index (χ4v) is 4.01. The molecule has 0 unspecified atom stereocenters. The second kappa shape index (κ2) is 7.14. The van der Waals surface area contributed by atoms with E-state index in [1.54, 1.807) is 0 Å². The topological polar surface area (TPSA) is 87.7 Å². The maximum absolute atomic E-state index is 12.6. The van der Waals surface area contributed by atoms with Crippen LogP contribution in [0.4, 0.5) is 11.4 Å². The summed E-state index contributed by atoms with van der Waals surface area (Å²) in [6, 6.07) is 10.2. The summed E-state index contributed by atoms with van der Waals surface area (Å²) in [7, 11) is 0.0140. The first-order valence-electron chi connectivity index (χ1n) is 7.78. The van der Waals surface area contributed by atoms with Crippen molar-refractivity contribution in [1.82, 2.24) is 4.72 Å². The minimum atomic E-state index is -3.85. The van der Waals surface area contributed by atoms with E-state index in [0.717, 1.165) is 11.3 Å². The van der Waals surface area contributed by atoms with Crippen molar-refractivity contribution in [2.45, 2.75) is 11.4 Å². The number of rotatable bonds is 5. The average molecular weight is 396 g/mol. The fourth-order valence-electron chi connectivity index (χ4n) is 2.46. The van der Waals surface area contributed by atoms with E-state index in [1.165, 1.54) is 12.1 Å². The van der Waals surface area contributed by atoms with Gasteiger partial charge in [-0.05, 0) is 23.8 Å². The first kappa shape index (κ1) is 18.5. The van der Waals surface area contributed by atoms with Gasteiger partial charge in [-0.1, -0.05) is 23.7 Å². The molecule has 26 heavy (non-hydrogen) atoms. The number of anilines is 2. The van der Waals surface area contributed by atoms with E-state index in [2.05, 4.69) is 10.0 Å². The van der Waals surface area contributed by atoms with Crippen LogP contribution in [0, 0.1) is 0 Å².